The van der Waals surface area contributed by atoms with E-state index in [4.69, 9.17) is 0 Å². The van der Waals surface area contributed by atoms with Crippen LogP contribution in [0, 0.1) is 23.2 Å². The zero-order valence-corrected chi connectivity index (χ0v) is 12.8. The van der Waals surface area contributed by atoms with Gasteiger partial charge in [-0.15, -0.1) is 0 Å². The molecule has 4 saturated carbocycles. The Morgan fingerprint density at radius 1 is 1.00 bits per heavy atom. The number of aliphatic hydroxyl groups excluding tert-OH is 1. The summed E-state index contributed by atoms with van der Waals surface area (Å²) in [7, 11) is 0. The Hall–Kier alpha value is -0.860. The molecule has 4 aliphatic rings. The SMILES string of the molecule is OC(CNCC12CC3CC(CC(C3)C1)C2)c1ccccc1. The predicted molar refractivity (Wildman–Crippen MR) is 84.9 cm³/mol. The summed E-state index contributed by atoms with van der Waals surface area (Å²) in [5, 5.41) is 13.9. The molecular weight excluding hydrogens is 258 g/mol. The Kier molecular flexibility index (Phi) is 3.55. The molecule has 114 valence electrons. The van der Waals surface area contributed by atoms with Gasteiger partial charge < -0.3 is 10.4 Å². The summed E-state index contributed by atoms with van der Waals surface area (Å²) < 4.78 is 0. The summed E-state index contributed by atoms with van der Waals surface area (Å²) in [5.41, 5.74) is 1.58. The average Bonchev–Trinajstić information content (AvgIpc) is 2.46. The molecule has 2 N–H and O–H groups in total. The van der Waals surface area contributed by atoms with Gasteiger partial charge in [-0.25, -0.2) is 0 Å². The van der Waals surface area contributed by atoms with Crippen molar-refractivity contribution in [3.63, 3.8) is 0 Å². The van der Waals surface area contributed by atoms with Gasteiger partial charge in [0.05, 0.1) is 6.10 Å². The van der Waals surface area contributed by atoms with E-state index in [0.717, 1.165) is 29.9 Å². The van der Waals surface area contributed by atoms with Crippen molar-refractivity contribution in [2.75, 3.05) is 13.1 Å². The molecule has 21 heavy (non-hydrogen) atoms. The molecule has 1 aromatic rings. The third kappa shape index (κ3) is 2.76. The van der Waals surface area contributed by atoms with Crippen molar-refractivity contribution in [2.45, 2.75) is 44.6 Å². The van der Waals surface area contributed by atoms with E-state index in [2.05, 4.69) is 5.32 Å². The molecular formula is C19H27NO. The largest absolute Gasteiger partial charge is 0.387 e. The molecule has 2 nitrogen and oxygen atoms in total. The van der Waals surface area contributed by atoms with Crippen LogP contribution >= 0.6 is 0 Å². The second-order valence-electron chi connectivity index (χ2n) is 7.97. The highest BCUT2D eigenvalue weighted by Crippen LogP contribution is 2.59. The molecule has 0 radical (unpaired) electrons. The maximum Gasteiger partial charge on any atom is 0.0914 e. The van der Waals surface area contributed by atoms with Crippen LogP contribution < -0.4 is 5.32 Å². The lowest BCUT2D eigenvalue weighted by atomic mass is 9.49. The number of hydrogen-bond acceptors (Lipinski definition) is 2. The van der Waals surface area contributed by atoms with Crippen molar-refractivity contribution in [1.29, 1.82) is 0 Å². The van der Waals surface area contributed by atoms with Crippen LogP contribution in [-0.4, -0.2) is 18.2 Å². The van der Waals surface area contributed by atoms with Gasteiger partial charge in [0, 0.05) is 13.1 Å². The fraction of sp³-hybridized carbons (Fsp3) is 0.684. The summed E-state index contributed by atoms with van der Waals surface area (Å²) in [5.74, 6) is 3.03. The van der Waals surface area contributed by atoms with Crippen LogP contribution in [0.15, 0.2) is 30.3 Å². The minimum Gasteiger partial charge on any atom is -0.387 e. The summed E-state index contributed by atoms with van der Waals surface area (Å²) >= 11 is 0. The van der Waals surface area contributed by atoms with E-state index in [0.29, 0.717) is 12.0 Å². The highest BCUT2D eigenvalue weighted by atomic mass is 16.3. The second-order valence-corrected chi connectivity index (χ2v) is 7.97. The summed E-state index contributed by atoms with van der Waals surface area (Å²) in [6.45, 7) is 1.80. The highest BCUT2D eigenvalue weighted by molar-refractivity contribution is 5.17. The lowest BCUT2D eigenvalue weighted by Gasteiger charge is -2.57. The van der Waals surface area contributed by atoms with Crippen LogP contribution in [0.2, 0.25) is 0 Å². The fourth-order valence-electron chi connectivity index (χ4n) is 5.77. The van der Waals surface area contributed by atoms with Gasteiger partial charge in [-0.3, -0.25) is 0 Å². The van der Waals surface area contributed by atoms with Crippen molar-refractivity contribution in [3.05, 3.63) is 35.9 Å². The molecule has 4 fully saturated rings. The molecule has 4 aliphatic carbocycles. The van der Waals surface area contributed by atoms with Crippen molar-refractivity contribution in [3.8, 4) is 0 Å². The van der Waals surface area contributed by atoms with Gasteiger partial charge in [-0.2, -0.15) is 0 Å². The van der Waals surface area contributed by atoms with Gasteiger partial charge in [-0.1, -0.05) is 30.3 Å². The first-order chi connectivity index (χ1) is 10.2. The lowest BCUT2D eigenvalue weighted by molar-refractivity contribution is -0.0521. The quantitative estimate of drug-likeness (QED) is 0.867. The third-order valence-corrected chi connectivity index (χ3v) is 6.19. The maximum absolute atomic E-state index is 10.3. The van der Waals surface area contributed by atoms with Crippen LogP contribution in [0.3, 0.4) is 0 Å². The molecule has 4 bridgehead atoms. The van der Waals surface area contributed by atoms with Gasteiger partial charge in [0.15, 0.2) is 0 Å². The fourth-order valence-corrected chi connectivity index (χ4v) is 5.77. The van der Waals surface area contributed by atoms with Gasteiger partial charge >= 0.3 is 0 Å². The molecule has 0 saturated heterocycles. The molecule has 0 aromatic heterocycles. The first kappa shape index (κ1) is 13.8. The third-order valence-electron chi connectivity index (χ3n) is 6.19. The zero-order chi connectivity index (χ0) is 14.3. The first-order valence-corrected chi connectivity index (χ1v) is 8.66. The predicted octanol–water partition coefficient (Wildman–Crippen LogP) is 3.53. The summed E-state index contributed by atoms with van der Waals surface area (Å²) in [4.78, 5) is 0. The highest BCUT2D eigenvalue weighted by Gasteiger charge is 2.50. The molecule has 0 aliphatic heterocycles. The van der Waals surface area contributed by atoms with E-state index >= 15 is 0 Å². The Morgan fingerprint density at radius 2 is 1.57 bits per heavy atom. The van der Waals surface area contributed by atoms with Crippen LogP contribution in [0.1, 0.15) is 50.2 Å². The standard InChI is InChI=1S/C19H27NO/c21-18(17-4-2-1-3-5-17)12-20-13-19-9-14-6-15(10-19)8-16(7-14)11-19/h1-5,14-16,18,20-21H,6-13H2. The van der Waals surface area contributed by atoms with E-state index < -0.39 is 0 Å². The topological polar surface area (TPSA) is 32.3 Å². The van der Waals surface area contributed by atoms with Gasteiger partial charge in [-0.05, 0) is 67.3 Å². The van der Waals surface area contributed by atoms with E-state index in [1.807, 2.05) is 30.3 Å². The van der Waals surface area contributed by atoms with Crippen LogP contribution in [-0.2, 0) is 0 Å². The van der Waals surface area contributed by atoms with Gasteiger partial charge in [0.1, 0.15) is 0 Å². The maximum atomic E-state index is 10.3. The smallest absolute Gasteiger partial charge is 0.0914 e. The summed E-state index contributed by atoms with van der Waals surface area (Å²) in [6.07, 6.45) is 8.46. The number of rotatable bonds is 5. The van der Waals surface area contributed by atoms with E-state index in [1.54, 1.807) is 0 Å². The van der Waals surface area contributed by atoms with Crippen LogP contribution in [0.25, 0.3) is 0 Å². The Morgan fingerprint density at radius 3 is 2.14 bits per heavy atom. The normalized spacial score (nSPS) is 38.6. The first-order valence-electron chi connectivity index (χ1n) is 8.66. The Bertz CT molecular complexity index is 448. The van der Waals surface area contributed by atoms with Gasteiger partial charge in [0.2, 0.25) is 0 Å². The minimum atomic E-state index is -0.375. The van der Waals surface area contributed by atoms with Crippen molar-refractivity contribution in [2.24, 2.45) is 23.2 Å². The molecule has 0 amide bonds. The molecule has 1 atom stereocenters. The van der Waals surface area contributed by atoms with Crippen LogP contribution in [0.4, 0.5) is 0 Å². The minimum absolute atomic E-state index is 0.375. The molecule has 1 aromatic carbocycles. The monoisotopic (exact) mass is 285 g/mol. The molecule has 0 heterocycles. The van der Waals surface area contributed by atoms with Crippen molar-refractivity contribution < 1.29 is 5.11 Å². The zero-order valence-electron chi connectivity index (χ0n) is 12.8. The van der Waals surface area contributed by atoms with E-state index in [1.165, 1.54) is 38.5 Å². The van der Waals surface area contributed by atoms with Crippen LogP contribution in [0.5, 0.6) is 0 Å². The number of nitrogens with one attached hydrogen (secondary N) is 1. The molecule has 5 rings (SSSR count). The second kappa shape index (κ2) is 5.40. The Balaban J connectivity index is 1.33. The van der Waals surface area contributed by atoms with Crippen molar-refractivity contribution in [1.82, 2.24) is 5.32 Å². The average molecular weight is 285 g/mol. The van der Waals surface area contributed by atoms with E-state index in [-0.39, 0.29) is 6.10 Å². The lowest BCUT2D eigenvalue weighted by Crippen LogP contribution is -2.50. The Labute approximate surface area is 128 Å². The molecule has 2 heteroatoms. The molecule has 0 spiro atoms. The van der Waals surface area contributed by atoms with E-state index in [9.17, 15) is 5.11 Å². The van der Waals surface area contributed by atoms with Crippen molar-refractivity contribution >= 4 is 0 Å². The number of benzene rings is 1. The number of hydrogen-bond donors (Lipinski definition) is 2. The number of aliphatic hydroxyl groups is 1. The van der Waals surface area contributed by atoms with Gasteiger partial charge in [0.25, 0.3) is 0 Å². The summed E-state index contributed by atoms with van der Waals surface area (Å²) in [6, 6.07) is 10.0. The molecule has 1 unspecified atom stereocenters.